The van der Waals surface area contributed by atoms with Gasteiger partial charge in [-0.05, 0) is 26.3 Å². The molecule has 0 amide bonds. The molecule has 0 saturated heterocycles. The number of pyridine rings is 1. The van der Waals surface area contributed by atoms with Crippen LogP contribution in [-0.4, -0.2) is 11.0 Å². The van der Waals surface area contributed by atoms with Gasteiger partial charge >= 0.3 is 0 Å². The summed E-state index contributed by atoms with van der Waals surface area (Å²) in [5.41, 5.74) is 7.20. The van der Waals surface area contributed by atoms with Crippen molar-refractivity contribution < 1.29 is 0 Å². The van der Waals surface area contributed by atoms with Crippen LogP contribution in [0.15, 0.2) is 16.9 Å². The number of aryl methyl sites for hydroxylation is 1. The summed E-state index contributed by atoms with van der Waals surface area (Å²) in [4.78, 5) is 14.0. The average Bonchev–Trinajstić information content (AvgIpc) is 1.94. The van der Waals surface area contributed by atoms with E-state index in [4.69, 9.17) is 5.73 Å². The van der Waals surface area contributed by atoms with Gasteiger partial charge in [-0.3, -0.25) is 4.79 Å². The van der Waals surface area contributed by atoms with Crippen LogP contribution in [0.5, 0.6) is 0 Å². The van der Waals surface area contributed by atoms with E-state index in [9.17, 15) is 4.79 Å². The van der Waals surface area contributed by atoms with Crippen molar-refractivity contribution in [3.63, 3.8) is 0 Å². The molecule has 1 aromatic rings. The standard InChI is InChI=1S/C9H14N2O/c1-6(10)5-8-4-3-7(2)11-9(8)12/h3-4,6H,5,10H2,1-2H3,(H,11,12). The molecule has 66 valence electrons. The van der Waals surface area contributed by atoms with Gasteiger partial charge in [0.2, 0.25) is 0 Å². The van der Waals surface area contributed by atoms with Crippen LogP contribution >= 0.6 is 0 Å². The fourth-order valence-corrected chi connectivity index (χ4v) is 1.11. The Labute approximate surface area is 71.6 Å². The highest BCUT2D eigenvalue weighted by Gasteiger charge is 2.01. The van der Waals surface area contributed by atoms with Gasteiger partial charge in [0.05, 0.1) is 0 Å². The molecular weight excluding hydrogens is 152 g/mol. The number of rotatable bonds is 2. The fourth-order valence-electron chi connectivity index (χ4n) is 1.11. The molecule has 0 radical (unpaired) electrons. The first kappa shape index (κ1) is 9.00. The highest BCUT2D eigenvalue weighted by atomic mass is 16.1. The van der Waals surface area contributed by atoms with Gasteiger partial charge in [-0.25, -0.2) is 0 Å². The highest BCUT2D eigenvalue weighted by Crippen LogP contribution is 1.96. The molecule has 3 N–H and O–H groups in total. The van der Waals surface area contributed by atoms with E-state index < -0.39 is 0 Å². The zero-order valence-electron chi connectivity index (χ0n) is 7.42. The lowest BCUT2D eigenvalue weighted by Gasteiger charge is -2.03. The first-order chi connectivity index (χ1) is 5.59. The molecule has 0 aromatic carbocycles. The van der Waals surface area contributed by atoms with Crippen LogP contribution < -0.4 is 11.3 Å². The van der Waals surface area contributed by atoms with Gasteiger partial charge in [-0.1, -0.05) is 6.07 Å². The maximum atomic E-state index is 11.3. The van der Waals surface area contributed by atoms with E-state index in [2.05, 4.69) is 4.98 Å². The Balaban J connectivity index is 2.94. The third kappa shape index (κ3) is 2.20. The molecule has 0 saturated carbocycles. The molecule has 0 aliphatic rings. The largest absolute Gasteiger partial charge is 0.328 e. The van der Waals surface area contributed by atoms with Crippen LogP contribution in [0.3, 0.4) is 0 Å². The van der Waals surface area contributed by atoms with E-state index in [0.29, 0.717) is 6.42 Å². The van der Waals surface area contributed by atoms with Crippen LogP contribution in [0, 0.1) is 6.92 Å². The Morgan fingerprint density at radius 3 is 2.75 bits per heavy atom. The van der Waals surface area contributed by atoms with Crippen molar-refractivity contribution >= 4 is 0 Å². The van der Waals surface area contributed by atoms with E-state index >= 15 is 0 Å². The number of aromatic nitrogens is 1. The molecule has 0 aliphatic heterocycles. The van der Waals surface area contributed by atoms with Crippen molar-refractivity contribution in [2.24, 2.45) is 5.73 Å². The summed E-state index contributed by atoms with van der Waals surface area (Å²) in [5, 5.41) is 0. The Hall–Kier alpha value is -1.09. The summed E-state index contributed by atoms with van der Waals surface area (Å²) in [6, 6.07) is 3.75. The predicted octanol–water partition coefficient (Wildman–Crippen LogP) is 0.573. The van der Waals surface area contributed by atoms with E-state index in [0.717, 1.165) is 11.3 Å². The minimum atomic E-state index is -0.0210. The maximum Gasteiger partial charge on any atom is 0.251 e. The number of H-pyrrole nitrogens is 1. The Morgan fingerprint density at radius 2 is 2.25 bits per heavy atom. The SMILES string of the molecule is Cc1ccc(CC(C)N)c(=O)[nH]1. The molecule has 3 nitrogen and oxygen atoms in total. The molecule has 0 aliphatic carbocycles. The summed E-state index contributed by atoms with van der Waals surface area (Å²) in [7, 11) is 0. The van der Waals surface area contributed by atoms with E-state index in [-0.39, 0.29) is 11.6 Å². The number of aromatic amines is 1. The molecule has 0 spiro atoms. The molecule has 1 unspecified atom stereocenters. The lowest BCUT2D eigenvalue weighted by atomic mass is 10.1. The van der Waals surface area contributed by atoms with E-state index in [1.54, 1.807) is 0 Å². The van der Waals surface area contributed by atoms with Gasteiger partial charge < -0.3 is 10.7 Å². The van der Waals surface area contributed by atoms with Gasteiger partial charge in [-0.2, -0.15) is 0 Å². The molecule has 1 atom stereocenters. The van der Waals surface area contributed by atoms with Crippen molar-refractivity contribution in [3.05, 3.63) is 33.7 Å². The van der Waals surface area contributed by atoms with Crippen molar-refractivity contribution in [3.8, 4) is 0 Å². The second kappa shape index (κ2) is 3.54. The third-order valence-electron chi connectivity index (χ3n) is 1.68. The summed E-state index contributed by atoms with van der Waals surface area (Å²) in [5.74, 6) is 0. The van der Waals surface area contributed by atoms with Gasteiger partial charge in [0.25, 0.3) is 5.56 Å². The zero-order valence-corrected chi connectivity index (χ0v) is 7.42. The van der Waals surface area contributed by atoms with Crippen LogP contribution in [0.2, 0.25) is 0 Å². The topological polar surface area (TPSA) is 58.9 Å². The lowest BCUT2D eigenvalue weighted by Crippen LogP contribution is -2.23. The second-order valence-electron chi connectivity index (χ2n) is 3.18. The molecular formula is C9H14N2O. The van der Waals surface area contributed by atoms with E-state index in [1.165, 1.54) is 0 Å². The number of nitrogens with two attached hydrogens (primary N) is 1. The summed E-state index contributed by atoms with van der Waals surface area (Å²) >= 11 is 0. The summed E-state index contributed by atoms with van der Waals surface area (Å²) in [6.45, 7) is 3.75. The summed E-state index contributed by atoms with van der Waals surface area (Å²) in [6.07, 6.45) is 0.635. The number of nitrogens with one attached hydrogen (secondary N) is 1. The minimum absolute atomic E-state index is 0.0210. The lowest BCUT2D eigenvalue weighted by molar-refractivity contribution is 0.730. The quantitative estimate of drug-likeness (QED) is 0.675. The predicted molar refractivity (Wildman–Crippen MR) is 49.2 cm³/mol. The minimum Gasteiger partial charge on any atom is -0.328 e. The van der Waals surface area contributed by atoms with Crippen molar-refractivity contribution in [1.82, 2.24) is 4.98 Å². The summed E-state index contributed by atoms with van der Waals surface area (Å²) < 4.78 is 0. The van der Waals surface area contributed by atoms with Gasteiger partial charge in [0, 0.05) is 17.3 Å². The van der Waals surface area contributed by atoms with Gasteiger partial charge in [0.15, 0.2) is 0 Å². The molecule has 12 heavy (non-hydrogen) atoms. The van der Waals surface area contributed by atoms with Gasteiger partial charge in [0.1, 0.15) is 0 Å². The fraction of sp³-hybridized carbons (Fsp3) is 0.444. The Kier molecular flexibility index (Phi) is 2.65. The van der Waals surface area contributed by atoms with Gasteiger partial charge in [-0.15, -0.1) is 0 Å². The zero-order chi connectivity index (χ0) is 9.14. The van der Waals surface area contributed by atoms with E-state index in [1.807, 2.05) is 26.0 Å². The third-order valence-corrected chi connectivity index (χ3v) is 1.68. The molecule has 0 fully saturated rings. The first-order valence-electron chi connectivity index (χ1n) is 4.04. The van der Waals surface area contributed by atoms with Crippen molar-refractivity contribution in [2.45, 2.75) is 26.3 Å². The number of hydrogen-bond donors (Lipinski definition) is 2. The second-order valence-corrected chi connectivity index (χ2v) is 3.18. The Morgan fingerprint density at radius 1 is 1.58 bits per heavy atom. The molecule has 1 aromatic heterocycles. The van der Waals surface area contributed by atoms with Crippen LogP contribution in [-0.2, 0) is 6.42 Å². The van der Waals surface area contributed by atoms with Crippen LogP contribution in [0.25, 0.3) is 0 Å². The molecule has 3 heteroatoms. The highest BCUT2D eigenvalue weighted by molar-refractivity contribution is 5.14. The smallest absolute Gasteiger partial charge is 0.251 e. The van der Waals surface area contributed by atoms with Crippen LogP contribution in [0.4, 0.5) is 0 Å². The molecule has 1 heterocycles. The monoisotopic (exact) mass is 166 g/mol. The maximum absolute atomic E-state index is 11.3. The molecule has 0 bridgehead atoms. The Bertz CT molecular complexity index is 315. The number of hydrogen-bond acceptors (Lipinski definition) is 2. The molecule has 1 rings (SSSR count). The average molecular weight is 166 g/mol. The van der Waals surface area contributed by atoms with Crippen molar-refractivity contribution in [1.29, 1.82) is 0 Å². The van der Waals surface area contributed by atoms with Crippen molar-refractivity contribution in [2.75, 3.05) is 0 Å². The normalized spacial score (nSPS) is 12.9. The van der Waals surface area contributed by atoms with Crippen LogP contribution in [0.1, 0.15) is 18.2 Å². The first-order valence-corrected chi connectivity index (χ1v) is 4.04.